The van der Waals surface area contributed by atoms with Crippen molar-refractivity contribution in [2.45, 2.75) is 62.6 Å². The van der Waals surface area contributed by atoms with E-state index in [1.165, 1.54) is 51.4 Å². The molecule has 3 aliphatic rings. The predicted molar refractivity (Wildman–Crippen MR) is 43.5 cm³/mol. The fraction of sp³-hybridized carbons (Fsp3) is 1.00. The van der Waals surface area contributed by atoms with E-state index in [2.05, 4.69) is 0 Å². The van der Waals surface area contributed by atoms with Gasteiger partial charge in [0.15, 0.2) is 0 Å². The lowest BCUT2D eigenvalue weighted by atomic mass is 9.95. The zero-order valence-electron chi connectivity index (χ0n) is 7.07. The van der Waals surface area contributed by atoms with Crippen LogP contribution >= 0.6 is 0 Å². The summed E-state index contributed by atoms with van der Waals surface area (Å²) in [5.74, 6) is 0. The van der Waals surface area contributed by atoms with E-state index in [1.54, 1.807) is 0 Å². The van der Waals surface area contributed by atoms with Crippen molar-refractivity contribution in [3.63, 3.8) is 0 Å². The quantitative estimate of drug-likeness (QED) is 0.486. The van der Waals surface area contributed by atoms with Crippen LogP contribution in [0.4, 0.5) is 0 Å². The zero-order valence-corrected chi connectivity index (χ0v) is 7.07. The van der Waals surface area contributed by atoms with Crippen molar-refractivity contribution in [2.24, 2.45) is 0 Å². The van der Waals surface area contributed by atoms with Gasteiger partial charge in [0.25, 0.3) is 0 Å². The number of hydrogen-bond donors (Lipinski definition) is 0. The zero-order chi connectivity index (χ0) is 7.36. The first-order chi connectivity index (χ1) is 5.37. The molecule has 11 heavy (non-hydrogen) atoms. The highest BCUT2D eigenvalue weighted by Crippen LogP contribution is 2.69. The molecule has 1 heterocycles. The molecule has 1 aliphatic heterocycles. The van der Waals surface area contributed by atoms with Crippen LogP contribution in [-0.2, 0) is 4.74 Å². The largest absolute Gasteiger partial charge is 0.363 e. The van der Waals surface area contributed by atoms with Crippen LogP contribution in [0.2, 0.25) is 0 Å². The van der Waals surface area contributed by atoms with E-state index in [-0.39, 0.29) is 0 Å². The van der Waals surface area contributed by atoms with Gasteiger partial charge in [-0.3, -0.25) is 0 Å². The Kier molecular flexibility index (Phi) is 1.07. The van der Waals surface area contributed by atoms with E-state index in [9.17, 15) is 0 Å². The standard InChI is InChI=1S/C10H16O/c1-2-4-6-9(5-3-1)10(11-9)7-8-10/h1-8H2. The molecule has 0 aromatic carbocycles. The van der Waals surface area contributed by atoms with Gasteiger partial charge in [-0.05, 0) is 25.7 Å². The molecule has 0 N–H and O–H groups in total. The van der Waals surface area contributed by atoms with E-state index in [0.717, 1.165) is 0 Å². The van der Waals surface area contributed by atoms with Gasteiger partial charge >= 0.3 is 0 Å². The van der Waals surface area contributed by atoms with Gasteiger partial charge in [0.2, 0.25) is 0 Å². The Morgan fingerprint density at radius 1 is 0.636 bits per heavy atom. The van der Waals surface area contributed by atoms with Crippen LogP contribution in [0.3, 0.4) is 0 Å². The first kappa shape index (κ1) is 6.47. The van der Waals surface area contributed by atoms with Crippen LogP contribution in [0.25, 0.3) is 0 Å². The van der Waals surface area contributed by atoms with Gasteiger partial charge in [-0.2, -0.15) is 0 Å². The molecule has 3 rings (SSSR count). The molecule has 3 fully saturated rings. The fourth-order valence-electron chi connectivity index (χ4n) is 2.88. The molecule has 0 radical (unpaired) electrons. The molecule has 1 nitrogen and oxygen atoms in total. The summed E-state index contributed by atoms with van der Waals surface area (Å²) >= 11 is 0. The summed E-state index contributed by atoms with van der Waals surface area (Å²) in [7, 11) is 0. The number of rotatable bonds is 0. The highest BCUT2D eigenvalue weighted by atomic mass is 16.6. The molecule has 1 saturated heterocycles. The maximum Gasteiger partial charge on any atom is 0.0982 e. The summed E-state index contributed by atoms with van der Waals surface area (Å²) < 4.78 is 5.92. The molecule has 0 unspecified atom stereocenters. The molecule has 2 spiro atoms. The Morgan fingerprint density at radius 3 is 1.64 bits per heavy atom. The molecule has 2 aliphatic carbocycles. The van der Waals surface area contributed by atoms with Crippen molar-refractivity contribution in [2.75, 3.05) is 0 Å². The monoisotopic (exact) mass is 152 g/mol. The minimum Gasteiger partial charge on any atom is -0.363 e. The lowest BCUT2D eigenvalue weighted by Crippen LogP contribution is -2.13. The molecule has 0 atom stereocenters. The average Bonchev–Trinajstić information content (AvgIpc) is 2.85. The van der Waals surface area contributed by atoms with Gasteiger partial charge in [-0.15, -0.1) is 0 Å². The van der Waals surface area contributed by atoms with Crippen LogP contribution in [0.15, 0.2) is 0 Å². The van der Waals surface area contributed by atoms with Crippen molar-refractivity contribution in [3.8, 4) is 0 Å². The second-order valence-electron chi connectivity index (χ2n) is 4.50. The van der Waals surface area contributed by atoms with Crippen LogP contribution < -0.4 is 0 Å². The summed E-state index contributed by atoms with van der Waals surface area (Å²) in [6.45, 7) is 0. The van der Waals surface area contributed by atoms with Crippen molar-refractivity contribution < 1.29 is 4.74 Å². The fourth-order valence-corrected chi connectivity index (χ4v) is 2.88. The molecule has 62 valence electrons. The Hall–Kier alpha value is -0.0400. The van der Waals surface area contributed by atoms with Gasteiger partial charge < -0.3 is 4.74 Å². The van der Waals surface area contributed by atoms with E-state index in [4.69, 9.17) is 4.74 Å². The number of epoxide rings is 1. The molecule has 2 saturated carbocycles. The molecular formula is C10H16O. The summed E-state index contributed by atoms with van der Waals surface area (Å²) in [4.78, 5) is 0. The minimum atomic E-state index is 0.420. The van der Waals surface area contributed by atoms with Crippen molar-refractivity contribution in [3.05, 3.63) is 0 Å². The van der Waals surface area contributed by atoms with Crippen molar-refractivity contribution >= 4 is 0 Å². The Labute approximate surface area is 68.1 Å². The third-order valence-corrected chi connectivity index (χ3v) is 3.79. The van der Waals surface area contributed by atoms with Gasteiger partial charge in [0.05, 0.1) is 11.2 Å². The predicted octanol–water partition coefficient (Wildman–Crippen LogP) is 2.64. The van der Waals surface area contributed by atoms with E-state index in [0.29, 0.717) is 11.2 Å². The normalized spacial score (nSPS) is 37.1. The maximum atomic E-state index is 5.92. The van der Waals surface area contributed by atoms with Crippen LogP contribution in [0.1, 0.15) is 51.4 Å². The Bertz CT molecular complexity index is 173. The Morgan fingerprint density at radius 2 is 1.18 bits per heavy atom. The maximum absolute atomic E-state index is 5.92. The third-order valence-electron chi connectivity index (χ3n) is 3.79. The molecule has 0 aromatic heterocycles. The first-order valence-electron chi connectivity index (χ1n) is 5.07. The smallest absolute Gasteiger partial charge is 0.0982 e. The number of ether oxygens (including phenoxy) is 1. The first-order valence-corrected chi connectivity index (χ1v) is 5.07. The van der Waals surface area contributed by atoms with Gasteiger partial charge in [0, 0.05) is 0 Å². The van der Waals surface area contributed by atoms with E-state index in [1.807, 2.05) is 0 Å². The highest BCUT2D eigenvalue weighted by Gasteiger charge is 2.75. The second-order valence-corrected chi connectivity index (χ2v) is 4.50. The highest BCUT2D eigenvalue weighted by molar-refractivity contribution is 5.24. The summed E-state index contributed by atoms with van der Waals surface area (Å²) in [6, 6.07) is 0. The van der Waals surface area contributed by atoms with Crippen molar-refractivity contribution in [1.29, 1.82) is 0 Å². The van der Waals surface area contributed by atoms with Crippen LogP contribution in [-0.4, -0.2) is 11.2 Å². The SMILES string of the molecule is C1CCCC2(CC1)OC21CC1. The molecule has 0 amide bonds. The summed E-state index contributed by atoms with van der Waals surface area (Å²) in [5, 5.41) is 0. The molecular weight excluding hydrogens is 136 g/mol. The van der Waals surface area contributed by atoms with Gasteiger partial charge in [-0.25, -0.2) is 0 Å². The third kappa shape index (κ3) is 0.752. The van der Waals surface area contributed by atoms with Crippen LogP contribution in [0.5, 0.6) is 0 Å². The van der Waals surface area contributed by atoms with E-state index < -0.39 is 0 Å². The number of hydrogen-bond acceptors (Lipinski definition) is 1. The molecule has 1 heteroatoms. The van der Waals surface area contributed by atoms with Gasteiger partial charge in [0.1, 0.15) is 0 Å². The van der Waals surface area contributed by atoms with E-state index >= 15 is 0 Å². The molecule has 0 bridgehead atoms. The van der Waals surface area contributed by atoms with Crippen LogP contribution in [0, 0.1) is 0 Å². The average molecular weight is 152 g/mol. The lowest BCUT2D eigenvalue weighted by Gasteiger charge is -2.06. The second kappa shape index (κ2) is 1.82. The minimum absolute atomic E-state index is 0.420. The number of fused-ring (bicyclic) bond motifs is 1. The topological polar surface area (TPSA) is 12.5 Å². The summed E-state index contributed by atoms with van der Waals surface area (Å²) in [5.41, 5.74) is 0.876. The summed E-state index contributed by atoms with van der Waals surface area (Å²) in [6.07, 6.45) is 11.2. The Balaban J connectivity index is 1.76. The van der Waals surface area contributed by atoms with Gasteiger partial charge in [-0.1, -0.05) is 25.7 Å². The lowest BCUT2D eigenvalue weighted by molar-refractivity contribution is 0.267. The van der Waals surface area contributed by atoms with Crippen molar-refractivity contribution in [1.82, 2.24) is 0 Å². The molecule has 0 aromatic rings.